The normalized spacial score (nSPS) is 14.9. The Balaban J connectivity index is 0.00000200. The van der Waals surface area contributed by atoms with E-state index in [1.807, 2.05) is 0 Å². The number of guanidine groups is 1. The predicted molar refractivity (Wildman–Crippen MR) is 100 cm³/mol. The topological polar surface area (TPSA) is 36.4 Å². The minimum absolute atomic E-state index is 0. The largest absolute Gasteiger partial charge is 0.357 e. The molecule has 1 aromatic rings. The molecular weight excluding hydrogens is 429 g/mol. The highest BCUT2D eigenvalue weighted by Gasteiger charge is 2.44. The molecule has 3 nitrogen and oxygen atoms in total. The van der Waals surface area contributed by atoms with Crippen molar-refractivity contribution in [2.75, 3.05) is 19.6 Å². The van der Waals surface area contributed by atoms with Gasteiger partial charge in [-0.2, -0.15) is 0 Å². The van der Waals surface area contributed by atoms with E-state index in [9.17, 15) is 0 Å². The number of rotatable bonds is 5. The van der Waals surface area contributed by atoms with E-state index in [0.717, 1.165) is 30.1 Å². The quantitative estimate of drug-likeness (QED) is 0.407. The second kappa shape index (κ2) is 8.22. The first-order valence-electron chi connectivity index (χ1n) is 6.98. The molecule has 0 atom stereocenters. The number of nitrogens with zero attached hydrogens (tertiary/aromatic N) is 1. The second-order valence-corrected chi connectivity index (χ2v) is 5.93. The van der Waals surface area contributed by atoms with Gasteiger partial charge in [-0.15, -0.1) is 24.0 Å². The van der Waals surface area contributed by atoms with Crippen LogP contribution in [0.1, 0.15) is 32.3 Å². The molecule has 1 aliphatic carbocycles. The summed E-state index contributed by atoms with van der Waals surface area (Å²) < 4.78 is 1.15. The fourth-order valence-corrected chi connectivity index (χ4v) is 2.65. The van der Waals surface area contributed by atoms with Gasteiger partial charge in [-0.1, -0.05) is 28.1 Å². The zero-order chi connectivity index (χ0) is 13.7. The number of benzene rings is 1. The van der Waals surface area contributed by atoms with Gasteiger partial charge in [-0.05, 0) is 44.4 Å². The third-order valence-corrected chi connectivity index (χ3v) is 4.01. The average molecular weight is 452 g/mol. The number of aliphatic imine (C=N–C) groups is 1. The summed E-state index contributed by atoms with van der Waals surface area (Å²) >= 11 is 3.55. The van der Waals surface area contributed by atoms with Crippen molar-refractivity contribution in [3.63, 3.8) is 0 Å². The Morgan fingerprint density at radius 1 is 1.25 bits per heavy atom. The van der Waals surface area contributed by atoms with Gasteiger partial charge < -0.3 is 10.6 Å². The Labute approximate surface area is 147 Å². The molecule has 1 aliphatic rings. The predicted octanol–water partition coefficient (Wildman–Crippen LogP) is 3.67. The first-order valence-corrected chi connectivity index (χ1v) is 7.78. The lowest BCUT2D eigenvalue weighted by atomic mass is 9.96. The smallest absolute Gasteiger partial charge is 0.191 e. The highest BCUT2D eigenvalue weighted by molar-refractivity contribution is 14.0. The van der Waals surface area contributed by atoms with Crippen LogP contribution >= 0.6 is 39.9 Å². The lowest BCUT2D eigenvalue weighted by molar-refractivity contribution is 0.694. The minimum atomic E-state index is 0. The monoisotopic (exact) mass is 451 g/mol. The summed E-state index contributed by atoms with van der Waals surface area (Å²) in [6.45, 7) is 6.84. The highest BCUT2D eigenvalue weighted by atomic mass is 127. The van der Waals surface area contributed by atoms with Gasteiger partial charge in [-0.3, -0.25) is 4.99 Å². The van der Waals surface area contributed by atoms with Crippen molar-refractivity contribution in [3.8, 4) is 0 Å². The first kappa shape index (κ1) is 17.8. The lowest BCUT2D eigenvalue weighted by Gasteiger charge is -2.15. The summed E-state index contributed by atoms with van der Waals surface area (Å²) in [4.78, 5) is 4.72. The maximum Gasteiger partial charge on any atom is 0.191 e. The van der Waals surface area contributed by atoms with Crippen LogP contribution in [0.25, 0.3) is 0 Å². The number of nitrogens with one attached hydrogen (secondary N) is 2. The second-order valence-electron chi connectivity index (χ2n) is 5.02. The molecule has 112 valence electrons. The molecule has 1 aromatic carbocycles. The standard InChI is InChI=1S/C15H22BrN3.HI/c1-3-17-14(18-4-2)19-11-15(8-9-15)12-6-5-7-13(16)10-12;/h5-7,10H,3-4,8-9,11H2,1-2H3,(H2,17,18,19);1H. The zero-order valence-electron chi connectivity index (χ0n) is 12.1. The van der Waals surface area contributed by atoms with E-state index < -0.39 is 0 Å². The Morgan fingerprint density at radius 3 is 2.40 bits per heavy atom. The maximum atomic E-state index is 4.72. The van der Waals surface area contributed by atoms with E-state index in [4.69, 9.17) is 4.99 Å². The average Bonchev–Trinajstić information content (AvgIpc) is 3.18. The molecule has 0 unspecified atom stereocenters. The molecule has 2 rings (SSSR count). The Bertz CT molecular complexity index is 450. The van der Waals surface area contributed by atoms with Crippen molar-refractivity contribution < 1.29 is 0 Å². The molecule has 1 saturated carbocycles. The first-order chi connectivity index (χ1) is 9.20. The molecule has 5 heteroatoms. The Morgan fingerprint density at radius 2 is 1.90 bits per heavy atom. The summed E-state index contributed by atoms with van der Waals surface area (Å²) in [5, 5.41) is 6.55. The lowest BCUT2D eigenvalue weighted by Crippen LogP contribution is -2.37. The summed E-state index contributed by atoms with van der Waals surface area (Å²) in [7, 11) is 0. The maximum absolute atomic E-state index is 4.72. The van der Waals surface area contributed by atoms with Gasteiger partial charge in [-0.25, -0.2) is 0 Å². The van der Waals surface area contributed by atoms with E-state index in [2.05, 4.69) is 64.7 Å². The Kier molecular flexibility index (Phi) is 7.29. The molecule has 0 radical (unpaired) electrons. The summed E-state index contributed by atoms with van der Waals surface area (Å²) in [5.74, 6) is 0.922. The van der Waals surface area contributed by atoms with Gasteiger partial charge in [0.05, 0.1) is 6.54 Å². The minimum Gasteiger partial charge on any atom is -0.357 e. The van der Waals surface area contributed by atoms with Crippen LogP contribution in [0.15, 0.2) is 33.7 Å². The molecule has 0 heterocycles. The molecule has 1 fully saturated rings. The number of hydrogen-bond acceptors (Lipinski definition) is 1. The van der Waals surface area contributed by atoms with E-state index in [1.165, 1.54) is 18.4 Å². The van der Waals surface area contributed by atoms with E-state index in [-0.39, 0.29) is 29.4 Å². The van der Waals surface area contributed by atoms with Crippen molar-refractivity contribution in [2.24, 2.45) is 4.99 Å². The molecule has 0 aromatic heterocycles. The van der Waals surface area contributed by atoms with Crippen molar-refractivity contribution in [1.82, 2.24) is 10.6 Å². The molecule has 0 saturated heterocycles. The van der Waals surface area contributed by atoms with Gasteiger partial charge >= 0.3 is 0 Å². The van der Waals surface area contributed by atoms with Crippen molar-refractivity contribution in [1.29, 1.82) is 0 Å². The van der Waals surface area contributed by atoms with Crippen LogP contribution in [0.4, 0.5) is 0 Å². The summed E-state index contributed by atoms with van der Waals surface area (Å²) in [5.41, 5.74) is 1.66. The molecule has 20 heavy (non-hydrogen) atoms. The zero-order valence-corrected chi connectivity index (χ0v) is 16.0. The number of hydrogen-bond donors (Lipinski definition) is 2. The van der Waals surface area contributed by atoms with Gasteiger partial charge in [0.25, 0.3) is 0 Å². The Hall–Kier alpha value is -0.300. The van der Waals surface area contributed by atoms with Crippen LogP contribution in [0.5, 0.6) is 0 Å². The van der Waals surface area contributed by atoms with E-state index >= 15 is 0 Å². The van der Waals surface area contributed by atoms with E-state index in [1.54, 1.807) is 0 Å². The third-order valence-electron chi connectivity index (χ3n) is 3.52. The fraction of sp³-hybridized carbons (Fsp3) is 0.533. The van der Waals surface area contributed by atoms with Gasteiger partial charge in [0.1, 0.15) is 0 Å². The SMILES string of the molecule is CCNC(=NCC1(c2cccc(Br)c2)CC1)NCC.I. The van der Waals surface area contributed by atoms with Gasteiger partial charge in [0, 0.05) is 23.0 Å². The van der Waals surface area contributed by atoms with Crippen LogP contribution < -0.4 is 10.6 Å². The fourth-order valence-electron chi connectivity index (χ4n) is 2.25. The van der Waals surface area contributed by atoms with Crippen molar-refractivity contribution in [3.05, 3.63) is 34.3 Å². The van der Waals surface area contributed by atoms with Gasteiger partial charge in [0.15, 0.2) is 5.96 Å². The van der Waals surface area contributed by atoms with Crippen LogP contribution in [0.2, 0.25) is 0 Å². The van der Waals surface area contributed by atoms with Crippen LogP contribution in [0, 0.1) is 0 Å². The molecular formula is C15H23BrIN3. The molecule has 0 aliphatic heterocycles. The van der Waals surface area contributed by atoms with Gasteiger partial charge in [0.2, 0.25) is 0 Å². The van der Waals surface area contributed by atoms with E-state index in [0.29, 0.717) is 0 Å². The molecule has 0 spiro atoms. The summed E-state index contributed by atoms with van der Waals surface area (Å²) in [6.07, 6.45) is 2.47. The van der Waals surface area contributed by atoms with Crippen molar-refractivity contribution >= 4 is 45.9 Å². The molecule has 2 N–H and O–H groups in total. The van der Waals surface area contributed by atoms with Crippen LogP contribution in [-0.2, 0) is 5.41 Å². The van der Waals surface area contributed by atoms with Crippen LogP contribution in [0.3, 0.4) is 0 Å². The third kappa shape index (κ3) is 4.62. The highest BCUT2D eigenvalue weighted by Crippen LogP contribution is 2.48. The molecule has 0 amide bonds. The van der Waals surface area contributed by atoms with Crippen LogP contribution in [-0.4, -0.2) is 25.6 Å². The summed E-state index contributed by atoms with van der Waals surface area (Å²) in [6, 6.07) is 8.63. The van der Waals surface area contributed by atoms with Crippen molar-refractivity contribution in [2.45, 2.75) is 32.1 Å². The molecule has 0 bridgehead atoms. The number of halogens is 2.